The highest BCUT2D eigenvalue weighted by Crippen LogP contribution is 2.39. The van der Waals surface area contributed by atoms with Crippen LogP contribution in [-0.2, 0) is 6.42 Å². The molecule has 3 aromatic rings. The van der Waals surface area contributed by atoms with E-state index in [1.54, 1.807) is 11.3 Å². The first-order chi connectivity index (χ1) is 8.76. The Bertz CT molecular complexity index is 630. The number of fused-ring (bicyclic) bond motifs is 1. The van der Waals surface area contributed by atoms with Crippen LogP contribution in [0.3, 0.4) is 0 Å². The fourth-order valence-corrected chi connectivity index (χ4v) is 5.10. The van der Waals surface area contributed by atoms with Gasteiger partial charge in [0, 0.05) is 14.3 Å². The van der Waals surface area contributed by atoms with Crippen LogP contribution < -0.4 is 0 Å². The summed E-state index contributed by atoms with van der Waals surface area (Å²) in [5.41, 5.74) is 2.77. The Hall–Kier alpha value is -0.640. The first-order valence-electron chi connectivity index (χ1n) is 6.04. The number of halogens is 1. The molecule has 0 fully saturated rings. The predicted octanol–water partition coefficient (Wildman–Crippen LogP) is 6.34. The summed E-state index contributed by atoms with van der Waals surface area (Å²) in [6.45, 7) is 2.22. The van der Waals surface area contributed by atoms with Crippen LogP contribution in [0.2, 0.25) is 0 Å². The molecule has 0 aliphatic heterocycles. The smallest absolute Gasteiger partial charge is 0.0719 e. The third kappa shape index (κ3) is 2.40. The van der Waals surface area contributed by atoms with Gasteiger partial charge in [0.05, 0.1) is 3.79 Å². The highest BCUT2D eigenvalue weighted by Gasteiger charge is 2.07. The molecule has 2 heterocycles. The summed E-state index contributed by atoms with van der Waals surface area (Å²) in [6.07, 6.45) is 2.38. The van der Waals surface area contributed by atoms with E-state index in [1.807, 2.05) is 11.3 Å². The second-order valence-electron chi connectivity index (χ2n) is 4.34. The van der Waals surface area contributed by atoms with Gasteiger partial charge in [-0.05, 0) is 45.6 Å². The molecule has 0 amide bonds. The van der Waals surface area contributed by atoms with Crippen molar-refractivity contribution in [2.75, 3.05) is 0 Å². The number of aryl methyl sites for hydroxylation is 1. The van der Waals surface area contributed by atoms with Gasteiger partial charge in [-0.15, -0.1) is 22.7 Å². The molecule has 1 aromatic carbocycles. The summed E-state index contributed by atoms with van der Waals surface area (Å²) >= 11 is 7.21. The summed E-state index contributed by atoms with van der Waals surface area (Å²) in [4.78, 5) is 1.37. The summed E-state index contributed by atoms with van der Waals surface area (Å²) in [5, 5.41) is 0. The Kier molecular flexibility index (Phi) is 3.55. The maximum absolute atomic E-state index is 3.54. The van der Waals surface area contributed by atoms with Gasteiger partial charge in [0.1, 0.15) is 0 Å². The zero-order chi connectivity index (χ0) is 12.5. The molecule has 0 nitrogen and oxygen atoms in total. The van der Waals surface area contributed by atoms with E-state index in [4.69, 9.17) is 0 Å². The van der Waals surface area contributed by atoms with Crippen LogP contribution in [0.4, 0.5) is 0 Å². The number of rotatable bonds is 3. The van der Waals surface area contributed by atoms with Gasteiger partial charge in [-0.2, -0.15) is 0 Å². The molecule has 0 unspecified atom stereocenters. The number of hydrogen-bond acceptors (Lipinski definition) is 2. The van der Waals surface area contributed by atoms with Crippen molar-refractivity contribution in [2.24, 2.45) is 0 Å². The topological polar surface area (TPSA) is 0 Å². The van der Waals surface area contributed by atoms with Crippen LogP contribution in [0.1, 0.15) is 18.9 Å². The average Bonchev–Trinajstić information content (AvgIpc) is 2.87. The molecule has 3 heteroatoms. The van der Waals surface area contributed by atoms with E-state index in [0.29, 0.717) is 0 Å². The van der Waals surface area contributed by atoms with Gasteiger partial charge in [-0.1, -0.05) is 37.6 Å². The van der Waals surface area contributed by atoms with E-state index in [2.05, 4.69) is 59.3 Å². The van der Waals surface area contributed by atoms with Gasteiger partial charge in [0.2, 0.25) is 0 Å². The Morgan fingerprint density at radius 3 is 2.39 bits per heavy atom. The maximum atomic E-state index is 3.54. The zero-order valence-electron chi connectivity index (χ0n) is 10.1. The van der Waals surface area contributed by atoms with Crippen molar-refractivity contribution < 1.29 is 0 Å². The van der Waals surface area contributed by atoms with Crippen LogP contribution in [0.15, 0.2) is 40.2 Å². The van der Waals surface area contributed by atoms with Gasteiger partial charge in [0.15, 0.2) is 0 Å². The van der Waals surface area contributed by atoms with Crippen LogP contribution >= 0.6 is 38.6 Å². The molecule has 2 aromatic heterocycles. The monoisotopic (exact) mass is 336 g/mol. The summed E-state index contributed by atoms with van der Waals surface area (Å²) in [7, 11) is 0. The van der Waals surface area contributed by atoms with Crippen molar-refractivity contribution in [3.05, 3.63) is 45.7 Å². The second kappa shape index (κ2) is 5.16. The molecular weight excluding hydrogens is 324 g/mol. The lowest BCUT2D eigenvalue weighted by atomic mass is 10.1. The Balaban J connectivity index is 1.95. The van der Waals surface area contributed by atoms with Crippen molar-refractivity contribution in [3.8, 4) is 10.4 Å². The fraction of sp³-hybridized carbons (Fsp3) is 0.200. The van der Waals surface area contributed by atoms with Crippen molar-refractivity contribution in [3.63, 3.8) is 0 Å². The minimum atomic E-state index is 1.17. The minimum absolute atomic E-state index is 1.17. The third-order valence-electron chi connectivity index (χ3n) is 2.95. The quantitative estimate of drug-likeness (QED) is 0.523. The lowest BCUT2D eigenvalue weighted by Gasteiger charge is -2.00. The van der Waals surface area contributed by atoms with Crippen LogP contribution in [0.25, 0.3) is 19.8 Å². The SMILES string of the molecule is CCCc1ccc(-c2cc3sc(Br)cc3s2)cc1. The average molecular weight is 337 g/mol. The van der Waals surface area contributed by atoms with Gasteiger partial charge < -0.3 is 0 Å². The number of thiophene rings is 2. The third-order valence-corrected chi connectivity index (χ3v) is 5.80. The first-order valence-corrected chi connectivity index (χ1v) is 8.47. The van der Waals surface area contributed by atoms with Crippen molar-refractivity contribution in [1.29, 1.82) is 0 Å². The van der Waals surface area contributed by atoms with Gasteiger partial charge in [-0.25, -0.2) is 0 Å². The lowest BCUT2D eigenvalue weighted by Crippen LogP contribution is -1.81. The van der Waals surface area contributed by atoms with E-state index < -0.39 is 0 Å². The molecule has 0 atom stereocenters. The zero-order valence-corrected chi connectivity index (χ0v) is 13.3. The van der Waals surface area contributed by atoms with Gasteiger partial charge in [0.25, 0.3) is 0 Å². The summed E-state index contributed by atoms with van der Waals surface area (Å²) < 4.78 is 3.97. The standard InChI is InChI=1S/C15H13BrS2/c1-2-3-10-4-6-11(7-5-10)12-8-13-14(17-12)9-15(16)18-13/h4-9H,2-3H2,1H3. The maximum Gasteiger partial charge on any atom is 0.0719 e. The van der Waals surface area contributed by atoms with Crippen LogP contribution in [0, 0.1) is 0 Å². The fourth-order valence-electron chi connectivity index (χ4n) is 2.07. The highest BCUT2D eigenvalue weighted by atomic mass is 79.9. The van der Waals surface area contributed by atoms with E-state index in [9.17, 15) is 0 Å². The molecule has 18 heavy (non-hydrogen) atoms. The Morgan fingerprint density at radius 2 is 1.72 bits per heavy atom. The van der Waals surface area contributed by atoms with E-state index >= 15 is 0 Å². The van der Waals surface area contributed by atoms with Crippen LogP contribution in [-0.4, -0.2) is 0 Å². The molecule has 0 saturated carbocycles. The molecule has 0 radical (unpaired) electrons. The second-order valence-corrected chi connectivity index (χ2v) is 7.88. The van der Waals surface area contributed by atoms with Gasteiger partial charge >= 0.3 is 0 Å². The molecular formula is C15H13BrS2. The molecule has 0 aliphatic rings. The summed E-state index contributed by atoms with van der Waals surface area (Å²) in [6, 6.07) is 13.5. The summed E-state index contributed by atoms with van der Waals surface area (Å²) in [5.74, 6) is 0. The largest absolute Gasteiger partial charge is 0.134 e. The molecule has 0 N–H and O–H groups in total. The first kappa shape index (κ1) is 12.4. The molecule has 3 rings (SSSR count). The minimum Gasteiger partial charge on any atom is -0.134 e. The number of hydrogen-bond donors (Lipinski definition) is 0. The predicted molar refractivity (Wildman–Crippen MR) is 86.8 cm³/mol. The van der Waals surface area contributed by atoms with E-state index in [1.165, 1.54) is 42.0 Å². The highest BCUT2D eigenvalue weighted by molar-refractivity contribution is 9.11. The van der Waals surface area contributed by atoms with Gasteiger partial charge in [-0.3, -0.25) is 0 Å². The molecule has 0 saturated heterocycles. The van der Waals surface area contributed by atoms with Crippen molar-refractivity contribution >= 4 is 48.0 Å². The van der Waals surface area contributed by atoms with Crippen LogP contribution in [0.5, 0.6) is 0 Å². The number of benzene rings is 1. The molecule has 92 valence electrons. The lowest BCUT2D eigenvalue weighted by molar-refractivity contribution is 0.922. The Labute approximate surface area is 123 Å². The van der Waals surface area contributed by atoms with Crippen molar-refractivity contribution in [1.82, 2.24) is 0 Å². The molecule has 0 aliphatic carbocycles. The Morgan fingerprint density at radius 1 is 1.00 bits per heavy atom. The van der Waals surface area contributed by atoms with Crippen molar-refractivity contribution in [2.45, 2.75) is 19.8 Å². The van der Waals surface area contributed by atoms with E-state index in [0.717, 1.165) is 0 Å². The normalized spacial score (nSPS) is 11.2. The van der Waals surface area contributed by atoms with E-state index in [-0.39, 0.29) is 0 Å². The molecule has 0 bridgehead atoms. The molecule has 0 spiro atoms.